The van der Waals surface area contributed by atoms with Gasteiger partial charge in [0.25, 0.3) is 0 Å². The first-order chi connectivity index (χ1) is 9.06. The lowest BCUT2D eigenvalue weighted by Crippen LogP contribution is -2.22. The monoisotopic (exact) mass is 277 g/mol. The highest BCUT2D eigenvalue weighted by molar-refractivity contribution is 5.54. The Balaban J connectivity index is 2.77. The van der Waals surface area contributed by atoms with Gasteiger partial charge in [0, 0.05) is 18.3 Å². The van der Waals surface area contributed by atoms with E-state index in [4.69, 9.17) is 9.84 Å². The van der Waals surface area contributed by atoms with E-state index in [1.54, 1.807) is 6.92 Å². The van der Waals surface area contributed by atoms with Gasteiger partial charge >= 0.3 is 6.61 Å². The first kappa shape index (κ1) is 15.5. The summed E-state index contributed by atoms with van der Waals surface area (Å²) in [5.41, 5.74) is 0.567. The summed E-state index contributed by atoms with van der Waals surface area (Å²) in [6, 6.07) is 4.36. The van der Waals surface area contributed by atoms with Crippen LogP contribution in [-0.4, -0.2) is 42.7 Å². The molecular weight excluding hydrogens is 260 g/mol. The Morgan fingerprint density at radius 2 is 2.05 bits per heavy atom. The van der Waals surface area contributed by atoms with Crippen LogP contribution in [0.4, 0.5) is 14.5 Å². The van der Waals surface area contributed by atoms with Crippen molar-refractivity contribution in [1.82, 2.24) is 0 Å². The molecule has 19 heavy (non-hydrogen) atoms. The molecule has 0 radical (unpaired) electrons. The van der Waals surface area contributed by atoms with E-state index < -0.39 is 12.7 Å². The van der Waals surface area contributed by atoms with Gasteiger partial charge in [-0.05, 0) is 19.1 Å². The molecule has 1 aromatic carbocycles. The minimum Gasteiger partial charge on any atom is -0.490 e. The molecule has 0 aliphatic carbocycles. The molecule has 3 N–H and O–H groups in total. The van der Waals surface area contributed by atoms with Crippen molar-refractivity contribution in [2.45, 2.75) is 19.6 Å². The largest absolute Gasteiger partial charge is 0.490 e. The summed E-state index contributed by atoms with van der Waals surface area (Å²) in [7, 11) is 0. The molecule has 1 unspecified atom stereocenters. The number of hydrogen-bond donors (Lipinski definition) is 3. The molecule has 0 aromatic heterocycles. The Morgan fingerprint density at radius 3 is 2.63 bits per heavy atom. The van der Waals surface area contributed by atoms with Crippen LogP contribution in [0.2, 0.25) is 0 Å². The van der Waals surface area contributed by atoms with Crippen LogP contribution in [0.3, 0.4) is 0 Å². The SMILES string of the molecule is CCOc1cc(NCC(O)CO)ccc1OC(F)F. The lowest BCUT2D eigenvalue weighted by atomic mass is 10.2. The van der Waals surface area contributed by atoms with Crippen molar-refractivity contribution >= 4 is 5.69 Å². The number of aliphatic hydroxyl groups excluding tert-OH is 2. The van der Waals surface area contributed by atoms with E-state index in [0.29, 0.717) is 12.3 Å². The molecule has 5 nitrogen and oxygen atoms in total. The third-order valence-electron chi connectivity index (χ3n) is 2.21. The molecule has 0 fully saturated rings. The molecule has 0 aliphatic heterocycles. The smallest absolute Gasteiger partial charge is 0.387 e. The van der Waals surface area contributed by atoms with Gasteiger partial charge in [-0.1, -0.05) is 0 Å². The number of ether oxygens (including phenoxy) is 2. The molecule has 0 saturated carbocycles. The molecule has 1 aromatic rings. The number of nitrogens with one attached hydrogen (secondary N) is 1. The van der Waals surface area contributed by atoms with Crippen molar-refractivity contribution in [2.75, 3.05) is 25.1 Å². The zero-order valence-corrected chi connectivity index (χ0v) is 10.5. The van der Waals surface area contributed by atoms with E-state index >= 15 is 0 Å². The van der Waals surface area contributed by atoms with Crippen molar-refractivity contribution in [1.29, 1.82) is 0 Å². The predicted octanol–water partition coefficient (Wildman–Crippen LogP) is 1.45. The fraction of sp³-hybridized carbons (Fsp3) is 0.500. The molecule has 108 valence electrons. The van der Waals surface area contributed by atoms with Crippen LogP contribution in [0, 0.1) is 0 Å². The maximum absolute atomic E-state index is 12.2. The molecule has 1 rings (SSSR count). The summed E-state index contributed by atoms with van der Waals surface area (Å²) in [6.07, 6.45) is -0.896. The zero-order valence-electron chi connectivity index (χ0n) is 10.5. The summed E-state index contributed by atoms with van der Waals surface area (Å²) in [5.74, 6) is 0.136. The van der Waals surface area contributed by atoms with Gasteiger partial charge in [-0.25, -0.2) is 0 Å². The van der Waals surface area contributed by atoms with Crippen molar-refractivity contribution < 1.29 is 28.5 Å². The van der Waals surface area contributed by atoms with Crippen LogP contribution >= 0.6 is 0 Å². The first-order valence-electron chi connectivity index (χ1n) is 5.81. The van der Waals surface area contributed by atoms with Crippen molar-refractivity contribution in [2.24, 2.45) is 0 Å². The van der Waals surface area contributed by atoms with E-state index in [-0.39, 0.29) is 24.7 Å². The second kappa shape index (κ2) is 7.75. The molecule has 1 atom stereocenters. The van der Waals surface area contributed by atoms with Gasteiger partial charge in [-0.2, -0.15) is 8.78 Å². The maximum atomic E-state index is 12.2. The molecule has 7 heteroatoms. The Morgan fingerprint density at radius 1 is 1.32 bits per heavy atom. The molecule has 0 aliphatic rings. The number of aliphatic hydroxyl groups is 2. The van der Waals surface area contributed by atoms with Gasteiger partial charge in [0.1, 0.15) is 0 Å². The van der Waals surface area contributed by atoms with Gasteiger partial charge in [0.05, 0.1) is 19.3 Å². The quantitative estimate of drug-likeness (QED) is 0.671. The van der Waals surface area contributed by atoms with Crippen LogP contribution < -0.4 is 14.8 Å². The third-order valence-corrected chi connectivity index (χ3v) is 2.21. The van der Waals surface area contributed by atoms with Gasteiger partial charge in [0.15, 0.2) is 11.5 Å². The molecule has 0 spiro atoms. The molecule has 0 saturated heterocycles. The zero-order chi connectivity index (χ0) is 14.3. The Kier molecular flexibility index (Phi) is 6.31. The van der Waals surface area contributed by atoms with Gasteiger partial charge < -0.3 is 25.0 Å². The summed E-state index contributed by atoms with van der Waals surface area (Å²) < 4.78 is 33.9. The number of benzene rings is 1. The number of rotatable bonds is 8. The lowest BCUT2D eigenvalue weighted by molar-refractivity contribution is -0.0514. The second-order valence-corrected chi connectivity index (χ2v) is 3.69. The Labute approximate surface area is 109 Å². The summed E-state index contributed by atoms with van der Waals surface area (Å²) >= 11 is 0. The fourth-order valence-electron chi connectivity index (χ4n) is 1.38. The normalized spacial score (nSPS) is 12.3. The topological polar surface area (TPSA) is 71.0 Å². The van der Waals surface area contributed by atoms with E-state index in [2.05, 4.69) is 10.1 Å². The fourth-order valence-corrected chi connectivity index (χ4v) is 1.38. The summed E-state index contributed by atoms with van der Waals surface area (Å²) in [6.45, 7) is -1.12. The molecule has 0 heterocycles. The highest BCUT2D eigenvalue weighted by Gasteiger charge is 2.12. The van der Waals surface area contributed by atoms with Crippen molar-refractivity contribution in [3.8, 4) is 11.5 Å². The molecule has 0 bridgehead atoms. The molecular formula is C12H17F2NO4. The highest BCUT2D eigenvalue weighted by atomic mass is 19.3. The molecule has 0 amide bonds. The summed E-state index contributed by atoms with van der Waals surface area (Å²) in [4.78, 5) is 0. The summed E-state index contributed by atoms with van der Waals surface area (Å²) in [5, 5.41) is 20.7. The van der Waals surface area contributed by atoms with Crippen LogP contribution in [0.25, 0.3) is 0 Å². The lowest BCUT2D eigenvalue weighted by Gasteiger charge is -2.14. The minimum absolute atomic E-state index is 0.0508. The van der Waals surface area contributed by atoms with Crippen LogP contribution in [0.1, 0.15) is 6.92 Å². The Bertz CT molecular complexity index is 390. The van der Waals surface area contributed by atoms with Crippen LogP contribution in [-0.2, 0) is 0 Å². The number of anilines is 1. The predicted molar refractivity (Wildman–Crippen MR) is 65.8 cm³/mol. The second-order valence-electron chi connectivity index (χ2n) is 3.69. The maximum Gasteiger partial charge on any atom is 0.387 e. The van der Waals surface area contributed by atoms with Crippen molar-refractivity contribution in [3.05, 3.63) is 18.2 Å². The highest BCUT2D eigenvalue weighted by Crippen LogP contribution is 2.31. The van der Waals surface area contributed by atoms with Crippen LogP contribution in [0.15, 0.2) is 18.2 Å². The third kappa shape index (κ3) is 5.27. The number of alkyl halides is 2. The van der Waals surface area contributed by atoms with E-state index in [1.165, 1.54) is 18.2 Å². The van der Waals surface area contributed by atoms with Crippen molar-refractivity contribution in [3.63, 3.8) is 0 Å². The number of hydrogen-bond acceptors (Lipinski definition) is 5. The van der Waals surface area contributed by atoms with Gasteiger partial charge in [-0.3, -0.25) is 0 Å². The number of halogens is 2. The Hall–Kier alpha value is -1.60. The standard InChI is InChI=1S/C12H17F2NO4/c1-2-18-11-5-8(15-6-9(17)7-16)3-4-10(11)19-12(13)14/h3-5,9,12,15-17H,2,6-7H2,1H3. The van der Waals surface area contributed by atoms with E-state index in [1.807, 2.05) is 0 Å². The van der Waals surface area contributed by atoms with Gasteiger partial charge in [-0.15, -0.1) is 0 Å². The van der Waals surface area contributed by atoms with E-state index in [0.717, 1.165) is 0 Å². The average Bonchev–Trinajstić information content (AvgIpc) is 2.38. The van der Waals surface area contributed by atoms with E-state index in [9.17, 15) is 13.9 Å². The van der Waals surface area contributed by atoms with Gasteiger partial charge in [0.2, 0.25) is 0 Å². The average molecular weight is 277 g/mol. The first-order valence-corrected chi connectivity index (χ1v) is 5.81. The van der Waals surface area contributed by atoms with Crippen LogP contribution in [0.5, 0.6) is 11.5 Å². The minimum atomic E-state index is -2.92.